The first-order chi connectivity index (χ1) is 21.5. The Morgan fingerprint density at radius 1 is 0.568 bits per heavy atom. The van der Waals surface area contributed by atoms with Crippen molar-refractivity contribution in [1.82, 2.24) is 0 Å². The molecule has 0 saturated heterocycles. The van der Waals surface area contributed by atoms with E-state index in [1.165, 1.54) is 64.2 Å². The lowest BCUT2D eigenvalue weighted by Gasteiger charge is -2.12. The van der Waals surface area contributed by atoms with Crippen molar-refractivity contribution in [3.05, 3.63) is 48.6 Å². The number of unbranched alkanes of at least 4 members (excludes halogenated alkanes) is 14. The number of hydrogen-bond donors (Lipinski definition) is 2. The number of aliphatic hydroxyl groups is 2. The van der Waals surface area contributed by atoms with Crippen molar-refractivity contribution in [2.45, 2.75) is 167 Å². The van der Waals surface area contributed by atoms with Crippen molar-refractivity contribution in [3.8, 4) is 0 Å². The molecule has 0 bridgehead atoms. The minimum atomic E-state index is -0.996. The molecule has 0 aromatic carbocycles. The molecule has 0 heterocycles. The summed E-state index contributed by atoms with van der Waals surface area (Å²) in [5.41, 5.74) is 0. The third-order valence-electron chi connectivity index (χ3n) is 7.42. The van der Waals surface area contributed by atoms with Crippen LogP contribution in [-0.4, -0.2) is 47.6 Å². The topological polar surface area (TPSA) is 93.1 Å². The predicted octanol–water partition coefficient (Wildman–Crippen LogP) is 9.64. The number of rotatable bonds is 31. The summed E-state index contributed by atoms with van der Waals surface area (Å²) >= 11 is 0. The van der Waals surface area contributed by atoms with Crippen LogP contribution in [0.15, 0.2) is 48.6 Å². The second-order valence-electron chi connectivity index (χ2n) is 11.8. The van der Waals surface area contributed by atoms with E-state index in [1.54, 1.807) is 0 Å². The smallest absolute Gasteiger partial charge is 0.305 e. The van der Waals surface area contributed by atoms with Crippen LogP contribution >= 0.6 is 0 Å². The third kappa shape index (κ3) is 32.7. The van der Waals surface area contributed by atoms with Crippen LogP contribution in [0.3, 0.4) is 0 Å². The van der Waals surface area contributed by atoms with Gasteiger partial charge in [-0.15, -0.1) is 0 Å². The van der Waals surface area contributed by atoms with Gasteiger partial charge in [0.15, 0.2) is 0 Å². The highest BCUT2D eigenvalue weighted by molar-refractivity contribution is 5.69. The Hall–Kier alpha value is -2.18. The van der Waals surface area contributed by atoms with Crippen molar-refractivity contribution in [2.75, 3.05) is 13.2 Å². The molecule has 0 fully saturated rings. The summed E-state index contributed by atoms with van der Waals surface area (Å²) in [4.78, 5) is 23.8. The standard InChI is InChI=1S/C38H66O6/c1-3-5-7-8-9-10-11-14-17-20-23-27-31-37(41)43-33-36(40)34-44-38(42)32-28-24-21-18-15-12-13-16-19-22-26-30-35(39)29-25-6-4-2/h12-13,18-19,21-22,26,30,35-36,39-40H,3-11,14-17,20,23-25,27-29,31-34H2,1-2H3/b13-12-,21-18-,22-19-,30-26+/t35-,36+/m1/s1. The summed E-state index contributed by atoms with van der Waals surface area (Å²) in [7, 11) is 0. The molecule has 254 valence electrons. The Morgan fingerprint density at radius 3 is 1.64 bits per heavy atom. The lowest BCUT2D eigenvalue weighted by atomic mass is 10.0. The van der Waals surface area contributed by atoms with Crippen molar-refractivity contribution in [3.63, 3.8) is 0 Å². The van der Waals surface area contributed by atoms with Gasteiger partial charge in [0.2, 0.25) is 0 Å². The SMILES string of the molecule is CCCCCCCCCCCCCCC(=O)OC[C@H](O)COC(=O)CCC/C=C\C/C=C\C/C=C\C=C\[C@H](O)CCCCC. The zero-order valence-electron chi connectivity index (χ0n) is 28.3. The Balaban J connectivity index is 3.62. The van der Waals surface area contributed by atoms with Gasteiger partial charge < -0.3 is 19.7 Å². The van der Waals surface area contributed by atoms with E-state index in [2.05, 4.69) is 44.2 Å². The number of aliphatic hydroxyl groups excluding tert-OH is 2. The van der Waals surface area contributed by atoms with E-state index < -0.39 is 6.10 Å². The Kier molecular flexibility index (Phi) is 32.0. The second-order valence-corrected chi connectivity index (χ2v) is 11.8. The van der Waals surface area contributed by atoms with Crippen LogP contribution in [-0.2, 0) is 19.1 Å². The summed E-state index contributed by atoms with van der Waals surface area (Å²) in [5, 5.41) is 19.8. The number of carbonyl (C=O) groups excluding carboxylic acids is 2. The van der Waals surface area contributed by atoms with Crippen LogP contribution in [0.1, 0.15) is 155 Å². The third-order valence-corrected chi connectivity index (χ3v) is 7.42. The van der Waals surface area contributed by atoms with Crippen LogP contribution in [0.5, 0.6) is 0 Å². The lowest BCUT2D eigenvalue weighted by molar-refractivity contribution is -0.152. The van der Waals surface area contributed by atoms with Crippen LogP contribution in [0.2, 0.25) is 0 Å². The average Bonchev–Trinajstić information content (AvgIpc) is 3.01. The predicted molar refractivity (Wildman–Crippen MR) is 183 cm³/mol. The van der Waals surface area contributed by atoms with E-state index in [9.17, 15) is 19.8 Å². The van der Waals surface area contributed by atoms with Gasteiger partial charge in [-0.3, -0.25) is 9.59 Å². The van der Waals surface area contributed by atoms with Crippen molar-refractivity contribution in [1.29, 1.82) is 0 Å². The molecule has 2 N–H and O–H groups in total. The summed E-state index contributed by atoms with van der Waals surface area (Å²) in [6.07, 6.45) is 37.7. The molecule has 44 heavy (non-hydrogen) atoms. The molecule has 0 aromatic rings. The van der Waals surface area contributed by atoms with E-state index in [0.29, 0.717) is 12.8 Å². The molecular weight excluding hydrogens is 552 g/mol. The van der Waals surface area contributed by atoms with Crippen molar-refractivity contribution >= 4 is 11.9 Å². The molecule has 0 aromatic heterocycles. The fourth-order valence-corrected chi connectivity index (χ4v) is 4.66. The Morgan fingerprint density at radius 2 is 1.05 bits per heavy atom. The van der Waals surface area contributed by atoms with Gasteiger partial charge >= 0.3 is 11.9 Å². The molecule has 0 aliphatic rings. The summed E-state index contributed by atoms with van der Waals surface area (Å²) in [6, 6.07) is 0. The maximum absolute atomic E-state index is 11.9. The molecule has 0 aliphatic carbocycles. The van der Waals surface area contributed by atoms with E-state index in [1.807, 2.05) is 18.2 Å². The summed E-state index contributed by atoms with van der Waals surface area (Å²) in [5.74, 6) is -0.656. The molecule has 6 heteroatoms. The van der Waals surface area contributed by atoms with Gasteiger partial charge in [0.05, 0.1) is 6.10 Å². The monoisotopic (exact) mass is 618 g/mol. The van der Waals surface area contributed by atoms with Gasteiger partial charge in [0.1, 0.15) is 19.3 Å². The Labute approximate surface area is 270 Å². The molecule has 0 unspecified atom stereocenters. The zero-order valence-corrected chi connectivity index (χ0v) is 28.3. The quantitative estimate of drug-likeness (QED) is 0.0348. The zero-order chi connectivity index (χ0) is 32.4. The highest BCUT2D eigenvalue weighted by Gasteiger charge is 2.12. The number of hydrogen-bond acceptors (Lipinski definition) is 6. The average molecular weight is 619 g/mol. The fourth-order valence-electron chi connectivity index (χ4n) is 4.66. The second kappa shape index (κ2) is 33.7. The van der Waals surface area contributed by atoms with Crippen molar-refractivity contribution in [2.24, 2.45) is 0 Å². The van der Waals surface area contributed by atoms with Crippen LogP contribution in [0.25, 0.3) is 0 Å². The van der Waals surface area contributed by atoms with Gasteiger partial charge in [0, 0.05) is 12.8 Å². The molecule has 0 radical (unpaired) electrons. The van der Waals surface area contributed by atoms with Gasteiger partial charge in [-0.2, -0.15) is 0 Å². The molecule has 0 saturated carbocycles. The first-order valence-electron chi connectivity index (χ1n) is 17.8. The van der Waals surface area contributed by atoms with Crippen LogP contribution in [0, 0.1) is 0 Å². The maximum atomic E-state index is 11.9. The van der Waals surface area contributed by atoms with E-state index in [-0.39, 0.29) is 37.7 Å². The first kappa shape index (κ1) is 41.8. The largest absolute Gasteiger partial charge is 0.463 e. The Bertz CT molecular complexity index is 769. The van der Waals surface area contributed by atoms with E-state index in [4.69, 9.17) is 9.47 Å². The van der Waals surface area contributed by atoms with Gasteiger partial charge in [0.25, 0.3) is 0 Å². The molecule has 6 nitrogen and oxygen atoms in total. The number of carbonyl (C=O) groups is 2. The van der Waals surface area contributed by atoms with Crippen molar-refractivity contribution < 1.29 is 29.3 Å². The highest BCUT2D eigenvalue weighted by atomic mass is 16.6. The lowest BCUT2D eigenvalue weighted by Crippen LogP contribution is -2.25. The maximum Gasteiger partial charge on any atom is 0.305 e. The molecule has 0 rings (SSSR count). The molecule has 0 amide bonds. The first-order valence-corrected chi connectivity index (χ1v) is 17.8. The number of ether oxygens (including phenoxy) is 2. The normalized spacial score (nSPS) is 13.5. The summed E-state index contributed by atoms with van der Waals surface area (Å²) < 4.78 is 10.2. The fraction of sp³-hybridized carbons (Fsp3) is 0.737. The van der Waals surface area contributed by atoms with E-state index in [0.717, 1.165) is 57.8 Å². The van der Waals surface area contributed by atoms with Gasteiger partial charge in [-0.1, -0.05) is 152 Å². The minimum absolute atomic E-state index is 0.143. The summed E-state index contributed by atoms with van der Waals surface area (Å²) in [6.45, 7) is 4.11. The van der Waals surface area contributed by atoms with Crippen LogP contribution < -0.4 is 0 Å². The van der Waals surface area contributed by atoms with Crippen LogP contribution in [0.4, 0.5) is 0 Å². The number of esters is 2. The van der Waals surface area contributed by atoms with E-state index >= 15 is 0 Å². The highest BCUT2D eigenvalue weighted by Crippen LogP contribution is 2.13. The molecular formula is C38H66O6. The minimum Gasteiger partial charge on any atom is -0.463 e. The van der Waals surface area contributed by atoms with Gasteiger partial charge in [-0.05, 0) is 38.5 Å². The van der Waals surface area contributed by atoms with Gasteiger partial charge in [-0.25, -0.2) is 0 Å². The number of allylic oxidation sites excluding steroid dienone is 7. The molecule has 2 atom stereocenters. The molecule has 0 spiro atoms. The molecule has 0 aliphatic heterocycles.